The lowest BCUT2D eigenvalue weighted by Gasteiger charge is -2.20. The molecule has 1 rings (SSSR count). The number of carboxylic acids is 1. The van der Waals surface area contributed by atoms with Gasteiger partial charge in [-0.1, -0.05) is 0 Å². The van der Waals surface area contributed by atoms with E-state index >= 15 is 0 Å². The van der Waals surface area contributed by atoms with Gasteiger partial charge in [-0.05, 0) is 39.3 Å². The van der Waals surface area contributed by atoms with Gasteiger partial charge in [-0.15, -0.1) is 0 Å². The van der Waals surface area contributed by atoms with Gasteiger partial charge in [0.05, 0.1) is 10.5 Å². The van der Waals surface area contributed by atoms with Crippen LogP contribution in [0.25, 0.3) is 5.57 Å². The molecule has 1 aromatic heterocycles. The zero-order chi connectivity index (χ0) is 17.8. The van der Waals surface area contributed by atoms with Gasteiger partial charge in [0, 0.05) is 6.20 Å². The number of allylic oxidation sites excluding steroid dienone is 1. The van der Waals surface area contributed by atoms with E-state index in [-0.39, 0.29) is 16.8 Å². The summed E-state index contributed by atoms with van der Waals surface area (Å²) in [5.74, 6) is -1.44. The number of nitro groups is 1. The first kappa shape index (κ1) is 18.1. The molecule has 1 aromatic rings. The highest BCUT2D eigenvalue weighted by Crippen LogP contribution is 2.26. The Kier molecular flexibility index (Phi) is 5.39. The molecule has 0 spiro atoms. The van der Waals surface area contributed by atoms with Gasteiger partial charge < -0.3 is 9.84 Å². The van der Waals surface area contributed by atoms with Gasteiger partial charge in [-0.25, -0.2) is 9.59 Å². The average Bonchev–Trinajstić information content (AvgIpc) is 2.41. The molecule has 0 aromatic carbocycles. The van der Waals surface area contributed by atoms with Crippen molar-refractivity contribution < 1.29 is 24.4 Å². The fourth-order valence-corrected chi connectivity index (χ4v) is 1.70. The molecule has 9 nitrogen and oxygen atoms in total. The van der Waals surface area contributed by atoms with Gasteiger partial charge in [0.15, 0.2) is 0 Å². The Balaban J connectivity index is 3.27. The molecule has 1 amide bonds. The summed E-state index contributed by atoms with van der Waals surface area (Å²) in [7, 11) is 0. The molecule has 0 saturated carbocycles. The van der Waals surface area contributed by atoms with Crippen LogP contribution in [0.2, 0.25) is 0 Å². The third-order valence-electron chi connectivity index (χ3n) is 2.62. The normalized spacial score (nSPS) is 12.2. The van der Waals surface area contributed by atoms with Crippen molar-refractivity contribution in [3.63, 3.8) is 0 Å². The first-order valence-electron chi connectivity index (χ1n) is 6.56. The van der Waals surface area contributed by atoms with Gasteiger partial charge >= 0.3 is 12.1 Å². The second kappa shape index (κ2) is 6.86. The zero-order valence-corrected chi connectivity index (χ0v) is 13.1. The Morgan fingerprint density at radius 1 is 1.39 bits per heavy atom. The SMILES string of the molecule is CC(=C(NC(=O)OC(C)(C)C)C(=O)O)c1ccncc1[N+](=O)[O-]. The number of hydrogen-bond acceptors (Lipinski definition) is 6. The van der Waals surface area contributed by atoms with E-state index in [1.165, 1.54) is 19.2 Å². The topological polar surface area (TPSA) is 132 Å². The van der Waals surface area contributed by atoms with Crippen molar-refractivity contribution in [2.75, 3.05) is 0 Å². The number of pyridine rings is 1. The second-order valence-corrected chi connectivity index (χ2v) is 5.58. The molecule has 0 aliphatic heterocycles. The standard InChI is InChI=1S/C14H17N3O6/c1-8(9-5-6-15-7-10(9)17(21)22)11(12(18)19)16-13(20)23-14(2,3)4/h5-7H,1-4H3,(H,16,20)(H,18,19). The summed E-state index contributed by atoms with van der Waals surface area (Å²) in [6.07, 6.45) is 1.33. The minimum Gasteiger partial charge on any atom is -0.477 e. The molecule has 23 heavy (non-hydrogen) atoms. The fraction of sp³-hybridized carbons (Fsp3) is 0.357. The Labute approximate surface area is 132 Å². The smallest absolute Gasteiger partial charge is 0.412 e. The second-order valence-electron chi connectivity index (χ2n) is 5.58. The van der Waals surface area contributed by atoms with E-state index in [2.05, 4.69) is 10.3 Å². The minimum atomic E-state index is -1.44. The van der Waals surface area contributed by atoms with Crippen molar-refractivity contribution in [2.24, 2.45) is 0 Å². The maximum Gasteiger partial charge on any atom is 0.412 e. The van der Waals surface area contributed by atoms with Crippen molar-refractivity contribution in [1.29, 1.82) is 0 Å². The van der Waals surface area contributed by atoms with E-state index in [4.69, 9.17) is 4.74 Å². The van der Waals surface area contributed by atoms with Crippen molar-refractivity contribution in [2.45, 2.75) is 33.3 Å². The lowest BCUT2D eigenvalue weighted by atomic mass is 10.1. The summed E-state index contributed by atoms with van der Waals surface area (Å²) in [6, 6.07) is 1.30. The van der Waals surface area contributed by atoms with Gasteiger partial charge in [0.2, 0.25) is 0 Å². The van der Waals surface area contributed by atoms with Crippen LogP contribution < -0.4 is 5.32 Å². The molecule has 0 bridgehead atoms. The Hall–Kier alpha value is -2.97. The van der Waals surface area contributed by atoms with Crippen LogP contribution in [0.1, 0.15) is 33.3 Å². The molecule has 0 unspecified atom stereocenters. The molecule has 1 heterocycles. The molecular weight excluding hydrogens is 306 g/mol. The summed E-state index contributed by atoms with van der Waals surface area (Å²) in [4.78, 5) is 37.1. The first-order chi connectivity index (χ1) is 10.5. The van der Waals surface area contributed by atoms with Crippen LogP contribution >= 0.6 is 0 Å². The molecule has 0 radical (unpaired) electrons. The predicted octanol–water partition coefficient (Wildman–Crippen LogP) is 2.33. The molecule has 0 saturated heterocycles. The van der Waals surface area contributed by atoms with Crippen LogP contribution in [-0.2, 0) is 9.53 Å². The maximum absolute atomic E-state index is 11.8. The number of carbonyl (C=O) groups excluding carboxylic acids is 1. The Morgan fingerprint density at radius 3 is 2.48 bits per heavy atom. The van der Waals surface area contributed by atoms with Crippen LogP contribution in [0.5, 0.6) is 0 Å². The number of aliphatic carboxylic acids is 1. The van der Waals surface area contributed by atoms with E-state index in [9.17, 15) is 24.8 Å². The Morgan fingerprint density at radius 2 is 2.00 bits per heavy atom. The fourth-order valence-electron chi connectivity index (χ4n) is 1.70. The third kappa shape index (κ3) is 5.06. The maximum atomic E-state index is 11.8. The Bertz CT molecular complexity index is 675. The number of carboxylic acid groups (broad SMARTS) is 1. The molecule has 0 aliphatic carbocycles. The summed E-state index contributed by atoms with van der Waals surface area (Å²) in [5.41, 5.74) is -1.64. The van der Waals surface area contributed by atoms with Gasteiger partial charge in [0.1, 0.15) is 17.5 Å². The summed E-state index contributed by atoms with van der Waals surface area (Å²) >= 11 is 0. The van der Waals surface area contributed by atoms with Gasteiger partial charge in [0.25, 0.3) is 5.69 Å². The van der Waals surface area contributed by atoms with E-state index in [1.807, 2.05) is 0 Å². The number of nitrogens with one attached hydrogen (secondary N) is 1. The van der Waals surface area contributed by atoms with Crippen molar-refractivity contribution >= 4 is 23.3 Å². The molecule has 9 heteroatoms. The van der Waals surface area contributed by atoms with Crippen LogP contribution in [0.4, 0.5) is 10.5 Å². The summed E-state index contributed by atoms with van der Waals surface area (Å²) < 4.78 is 4.99. The number of hydrogen-bond donors (Lipinski definition) is 2. The lowest BCUT2D eigenvalue weighted by molar-refractivity contribution is -0.385. The molecule has 0 aliphatic rings. The predicted molar refractivity (Wildman–Crippen MR) is 80.5 cm³/mol. The molecule has 124 valence electrons. The van der Waals surface area contributed by atoms with Crippen LogP contribution in [0, 0.1) is 10.1 Å². The van der Waals surface area contributed by atoms with Crippen LogP contribution in [0.15, 0.2) is 24.2 Å². The highest BCUT2D eigenvalue weighted by atomic mass is 16.6. The third-order valence-corrected chi connectivity index (χ3v) is 2.62. The average molecular weight is 323 g/mol. The number of carbonyl (C=O) groups is 2. The minimum absolute atomic E-state index is 0.0115. The number of ether oxygens (including phenoxy) is 1. The number of amides is 1. The highest BCUT2D eigenvalue weighted by molar-refractivity contribution is 5.99. The monoisotopic (exact) mass is 323 g/mol. The van der Waals surface area contributed by atoms with Crippen LogP contribution in [0.3, 0.4) is 0 Å². The van der Waals surface area contributed by atoms with Crippen molar-refractivity contribution in [1.82, 2.24) is 10.3 Å². The van der Waals surface area contributed by atoms with Gasteiger partial charge in [-0.3, -0.25) is 20.4 Å². The van der Waals surface area contributed by atoms with Crippen LogP contribution in [-0.4, -0.2) is 32.7 Å². The molecule has 0 atom stereocenters. The summed E-state index contributed by atoms with van der Waals surface area (Å²) in [5, 5.41) is 22.4. The number of alkyl carbamates (subject to hydrolysis) is 1. The first-order valence-corrected chi connectivity index (χ1v) is 6.56. The molecule has 0 fully saturated rings. The summed E-state index contributed by atoms with van der Waals surface area (Å²) in [6.45, 7) is 6.22. The van der Waals surface area contributed by atoms with E-state index in [1.54, 1.807) is 20.8 Å². The quantitative estimate of drug-likeness (QED) is 0.493. The van der Waals surface area contributed by atoms with E-state index in [0.29, 0.717) is 0 Å². The molecule has 2 N–H and O–H groups in total. The number of rotatable bonds is 4. The number of nitrogens with zero attached hydrogens (tertiary/aromatic N) is 2. The molecular formula is C14H17N3O6. The van der Waals surface area contributed by atoms with Gasteiger partial charge in [-0.2, -0.15) is 0 Å². The number of aromatic nitrogens is 1. The van der Waals surface area contributed by atoms with E-state index < -0.39 is 28.3 Å². The van der Waals surface area contributed by atoms with E-state index in [0.717, 1.165) is 6.20 Å². The van der Waals surface area contributed by atoms with Crippen molar-refractivity contribution in [3.05, 3.63) is 39.8 Å². The van der Waals surface area contributed by atoms with Crippen molar-refractivity contribution in [3.8, 4) is 0 Å². The lowest BCUT2D eigenvalue weighted by Crippen LogP contribution is -2.34. The zero-order valence-electron chi connectivity index (χ0n) is 13.1. The highest BCUT2D eigenvalue weighted by Gasteiger charge is 2.24. The largest absolute Gasteiger partial charge is 0.477 e.